The molecule has 4 nitrogen and oxygen atoms in total. The standard InChI is InChI=1S/C16H28N2O2S/c1-4-9-17-12-15-6-5-7-16(11-15)13-21(19,20)18-10-8-14(2)3/h5-7,11,14,17-18H,4,8-10,12-13H2,1-3H3. The van der Waals surface area contributed by atoms with Gasteiger partial charge in [0.05, 0.1) is 5.75 Å². The summed E-state index contributed by atoms with van der Waals surface area (Å²) in [6, 6.07) is 7.77. The highest BCUT2D eigenvalue weighted by Gasteiger charge is 2.11. The highest BCUT2D eigenvalue weighted by molar-refractivity contribution is 7.88. The highest BCUT2D eigenvalue weighted by atomic mass is 32.2. The summed E-state index contributed by atoms with van der Waals surface area (Å²) in [5.74, 6) is 0.549. The van der Waals surface area contributed by atoms with Gasteiger partial charge in [-0.3, -0.25) is 0 Å². The van der Waals surface area contributed by atoms with E-state index in [0.29, 0.717) is 12.5 Å². The Balaban J connectivity index is 2.54. The minimum Gasteiger partial charge on any atom is -0.313 e. The first-order valence-corrected chi connectivity index (χ1v) is 9.34. The van der Waals surface area contributed by atoms with Crippen molar-refractivity contribution in [3.8, 4) is 0 Å². The molecule has 1 aromatic carbocycles. The molecule has 1 rings (SSSR count). The van der Waals surface area contributed by atoms with Gasteiger partial charge in [0.1, 0.15) is 0 Å². The van der Waals surface area contributed by atoms with Gasteiger partial charge in [-0.1, -0.05) is 45.0 Å². The van der Waals surface area contributed by atoms with Gasteiger partial charge in [-0.2, -0.15) is 0 Å². The summed E-state index contributed by atoms with van der Waals surface area (Å²) < 4.78 is 26.7. The maximum Gasteiger partial charge on any atom is 0.215 e. The van der Waals surface area contributed by atoms with Crippen LogP contribution in [-0.4, -0.2) is 21.5 Å². The fraction of sp³-hybridized carbons (Fsp3) is 0.625. The van der Waals surface area contributed by atoms with Gasteiger partial charge in [-0.25, -0.2) is 13.1 Å². The molecule has 0 spiro atoms. The third kappa shape index (κ3) is 8.19. The van der Waals surface area contributed by atoms with E-state index in [0.717, 1.165) is 37.1 Å². The van der Waals surface area contributed by atoms with Crippen LogP contribution in [0.25, 0.3) is 0 Å². The van der Waals surface area contributed by atoms with E-state index in [1.54, 1.807) is 0 Å². The van der Waals surface area contributed by atoms with E-state index in [4.69, 9.17) is 0 Å². The summed E-state index contributed by atoms with van der Waals surface area (Å²) in [5.41, 5.74) is 1.96. The maximum atomic E-state index is 12.0. The lowest BCUT2D eigenvalue weighted by molar-refractivity contribution is 0.551. The molecule has 0 heterocycles. The first kappa shape index (κ1) is 18.1. The van der Waals surface area contributed by atoms with E-state index in [-0.39, 0.29) is 5.75 Å². The lowest BCUT2D eigenvalue weighted by Gasteiger charge is -2.10. The molecule has 0 aliphatic carbocycles. The van der Waals surface area contributed by atoms with E-state index in [9.17, 15) is 8.42 Å². The number of sulfonamides is 1. The molecule has 0 unspecified atom stereocenters. The molecule has 0 bridgehead atoms. The van der Waals surface area contributed by atoms with Gasteiger partial charge in [0.2, 0.25) is 10.0 Å². The van der Waals surface area contributed by atoms with Crippen LogP contribution >= 0.6 is 0 Å². The lowest BCUT2D eigenvalue weighted by atomic mass is 10.1. The summed E-state index contributed by atoms with van der Waals surface area (Å²) in [6.07, 6.45) is 1.95. The summed E-state index contributed by atoms with van der Waals surface area (Å²) in [4.78, 5) is 0. The second-order valence-corrected chi connectivity index (χ2v) is 7.64. The van der Waals surface area contributed by atoms with Crippen molar-refractivity contribution >= 4 is 10.0 Å². The lowest BCUT2D eigenvalue weighted by Crippen LogP contribution is -2.27. The molecule has 0 atom stereocenters. The normalized spacial score (nSPS) is 12.0. The molecule has 0 radical (unpaired) electrons. The SMILES string of the molecule is CCCNCc1cccc(CS(=O)(=O)NCCC(C)C)c1. The van der Waals surface area contributed by atoms with Crippen LogP contribution in [-0.2, 0) is 22.3 Å². The maximum absolute atomic E-state index is 12.0. The predicted molar refractivity (Wildman–Crippen MR) is 88.5 cm³/mol. The molecule has 0 saturated heterocycles. The number of benzene rings is 1. The van der Waals surface area contributed by atoms with E-state index in [1.165, 1.54) is 0 Å². The van der Waals surface area contributed by atoms with Crippen molar-refractivity contribution in [2.75, 3.05) is 13.1 Å². The number of hydrogen-bond acceptors (Lipinski definition) is 3. The first-order chi connectivity index (χ1) is 9.93. The van der Waals surface area contributed by atoms with E-state index < -0.39 is 10.0 Å². The van der Waals surface area contributed by atoms with Gasteiger partial charge in [0.15, 0.2) is 0 Å². The largest absolute Gasteiger partial charge is 0.313 e. The molecule has 0 saturated carbocycles. The Labute approximate surface area is 129 Å². The molecule has 0 aliphatic rings. The zero-order valence-corrected chi connectivity index (χ0v) is 14.2. The third-order valence-electron chi connectivity index (χ3n) is 3.15. The van der Waals surface area contributed by atoms with Crippen LogP contribution in [0.4, 0.5) is 0 Å². The van der Waals surface area contributed by atoms with Gasteiger partial charge < -0.3 is 5.32 Å². The average molecular weight is 312 g/mol. The van der Waals surface area contributed by atoms with E-state index in [1.807, 2.05) is 24.3 Å². The fourth-order valence-electron chi connectivity index (χ4n) is 2.01. The van der Waals surface area contributed by atoms with Crippen molar-refractivity contribution in [2.45, 2.75) is 45.9 Å². The summed E-state index contributed by atoms with van der Waals surface area (Å²) >= 11 is 0. The molecule has 1 aromatic rings. The Morgan fingerprint density at radius 2 is 1.86 bits per heavy atom. The average Bonchev–Trinajstić information content (AvgIpc) is 2.38. The van der Waals surface area contributed by atoms with Gasteiger partial charge in [-0.15, -0.1) is 0 Å². The molecule has 21 heavy (non-hydrogen) atoms. The van der Waals surface area contributed by atoms with Crippen molar-refractivity contribution < 1.29 is 8.42 Å². The number of hydrogen-bond donors (Lipinski definition) is 2. The Hall–Kier alpha value is -0.910. The number of nitrogens with one attached hydrogen (secondary N) is 2. The van der Waals surface area contributed by atoms with Gasteiger partial charge in [0.25, 0.3) is 0 Å². The zero-order chi connectivity index (χ0) is 15.7. The Morgan fingerprint density at radius 1 is 1.14 bits per heavy atom. The summed E-state index contributed by atoms with van der Waals surface area (Å²) in [7, 11) is -3.24. The quantitative estimate of drug-likeness (QED) is 0.653. The fourth-order valence-corrected chi connectivity index (χ4v) is 3.16. The second kappa shape index (κ2) is 9.18. The minimum absolute atomic E-state index is 0.0483. The highest BCUT2D eigenvalue weighted by Crippen LogP contribution is 2.09. The predicted octanol–water partition coefficient (Wildman–Crippen LogP) is 2.65. The zero-order valence-electron chi connectivity index (χ0n) is 13.4. The van der Waals surface area contributed by atoms with Crippen molar-refractivity contribution in [3.05, 3.63) is 35.4 Å². The molecule has 2 N–H and O–H groups in total. The van der Waals surface area contributed by atoms with Crippen LogP contribution in [0.5, 0.6) is 0 Å². The van der Waals surface area contributed by atoms with Crippen LogP contribution in [0.2, 0.25) is 0 Å². The van der Waals surface area contributed by atoms with Crippen LogP contribution in [0.3, 0.4) is 0 Å². The minimum atomic E-state index is -3.24. The number of rotatable bonds is 10. The molecule has 0 aromatic heterocycles. The van der Waals surface area contributed by atoms with Gasteiger partial charge >= 0.3 is 0 Å². The van der Waals surface area contributed by atoms with Crippen LogP contribution in [0.1, 0.15) is 44.7 Å². The first-order valence-electron chi connectivity index (χ1n) is 7.69. The molecule has 0 aliphatic heterocycles. The molecular formula is C16H28N2O2S. The van der Waals surface area contributed by atoms with Crippen LogP contribution in [0, 0.1) is 5.92 Å². The third-order valence-corrected chi connectivity index (χ3v) is 4.50. The Morgan fingerprint density at radius 3 is 2.52 bits per heavy atom. The summed E-state index contributed by atoms with van der Waals surface area (Å²) in [5, 5.41) is 3.32. The molecule has 0 fully saturated rings. The topological polar surface area (TPSA) is 58.2 Å². The molecular weight excluding hydrogens is 284 g/mol. The van der Waals surface area contributed by atoms with Crippen molar-refractivity contribution in [3.63, 3.8) is 0 Å². The second-order valence-electron chi connectivity index (χ2n) is 5.83. The van der Waals surface area contributed by atoms with E-state index >= 15 is 0 Å². The van der Waals surface area contributed by atoms with Crippen molar-refractivity contribution in [2.24, 2.45) is 5.92 Å². The summed E-state index contributed by atoms with van der Waals surface area (Å²) in [6.45, 7) is 8.56. The molecule has 120 valence electrons. The van der Waals surface area contributed by atoms with Crippen LogP contribution in [0.15, 0.2) is 24.3 Å². The van der Waals surface area contributed by atoms with Gasteiger partial charge in [-0.05, 0) is 36.4 Å². The monoisotopic (exact) mass is 312 g/mol. The van der Waals surface area contributed by atoms with E-state index in [2.05, 4.69) is 30.8 Å². The van der Waals surface area contributed by atoms with Gasteiger partial charge in [0, 0.05) is 13.1 Å². The Bertz CT molecular complexity index is 513. The van der Waals surface area contributed by atoms with Crippen LogP contribution < -0.4 is 10.0 Å². The van der Waals surface area contributed by atoms with Crippen molar-refractivity contribution in [1.82, 2.24) is 10.0 Å². The molecule has 5 heteroatoms. The molecule has 0 amide bonds. The smallest absolute Gasteiger partial charge is 0.215 e. The van der Waals surface area contributed by atoms with Crippen molar-refractivity contribution in [1.29, 1.82) is 0 Å². The Kier molecular flexibility index (Phi) is 7.93.